The van der Waals surface area contributed by atoms with Crippen molar-refractivity contribution in [2.45, 2.75) is 90.4 Å². The molecular formula is C22H48O5Si5. The first kappa shape index (κ1) is 31.7. The molecule has 0 aromatic rings. The lowest BCUT2D eigenvalue weighted by Crippen LogP contribution is -2.61. The predicted octanol–water partition coefficient (Wildman–Crippen LogP) is 6.89. The van der Waals surface area contributed by atoms with E-state index in [0.717, 1.165) is 6.04 Å². The SMILES string of the molecule is C=C[Si](C)(C)O[Si](CCCOC(=O)C(=C)C)(O[Si](C)(C)C=C)O[Si](C)(C)CC[Si](C)(C)C. The van der Waals surface area contributed by atoms with Crippen LogP contribution in [0.5, 0.6) is 0 Å². The summed E-state index contributed by atoms with van der Waals surface area (Å²) in [6.45, 7) is 33.8. The summed E-state index contributed by atoms with van der Waals surface area (Å²) in [7, 11) is -10.8. The highest BCUT2D eigenvalue weighted by Crippen LogP contribution is 2.33. The van der Waals surface area contributed by atoms with Crippen molar-refractivity contribution in [1.29, 1.82) is 0 Å². The zero-order chi connectivity index (χ0) is 25.4. The first-order valence-electron chi connectivity index (χ1n) is 11.5. The molecule has 32 heavy (non-hydrogen) atoms. The quantitative estimate of drug-likeness (QED) is 0.0937. The summed E-state index contributed by atoms with van der Waals surface area (Å²) < 4.78 is 26.0. The van der Waals surface area contributed by atoms with E-state index in [9.17, 15) is 4.79 Å². The Labute approximate surface area is 203 Å². The van der Waals surface area contributed by atoms with Gasteiger partial charge in [-0.2, -0.15) is 0 Å². The van der Waals surface area contributed by atoms with Gasteiger partial charge in [-0.3, -0.25) is 0 Å². The second-order valence-corrected chi connectivity index (χ2v) is 32.6. The molecule has 5 nitrogen and oxygen atoms in total. The van der Waals surface area contributed by atoms with Crippen LogP contribution in [0.3, 0.4) is 0 Å². The maximum atomic E-state index is 11.8. The van der Waals surface area contributed by atoms with E-state index in [1.165, 1.54) is 6.04 Å². The number of hydrogen-bond acceptors (Lipinski definition) is 5. The molecule has 0 aromatic carbocycles. The van der Waals surface area contributed by atoms with E-state index in [1.807, 2.05) is 11.4 Å². The number of carbonyl (C=O) groups excluding carboxylic acids is 1. The van der Waals surface area contributed by atoms with Gasteiger partial charge in [-0.25, -0.2) is 4.79 Å². The minimum atomic E-state index is -3.09. The molecule has 0 aliphatic rings. The molecule has 0 saturated carbocycles. The maximum absolute atomic E-state index is 11.8. The van der Waals surface area contributed by atoms with E-state index in [2.05, 4.69) is 78.7 Å². The molecular weight excluding hydrogens is 485 g/mol. The monoisotopic (exact) mass is 532 g/mol. The molecule has 0 unspecified atom stereocenters. The van der Waals surface area contributed by atoms with Crippen LogP contribution in [0.2, 0.25) is 77.1 Å². The zero-order valence-corrected chi connectivity index (χ0v) is 27.4. The minimum absolute atomic E-state index is 0.291. The first-order chi connectivity index (χ1) is 14.3. The first-order valence-corrected chi connectivity index (χ1v) is 26.2. The lowest BCUT2D eigenvalue weighted by Gasteiger charge is -2.44. The Hall–Kier alpha value is -0.346. The summed E-state index contributed by atoms with van der Waals surface area (Å²) in [4.78, 5) is 11.8. The maximum Gasteiger partial charge on any atom is 0.470 e. The van der Waals surface area contributed by atoms with Crippen LogP contribution in [0, 0.1) is 0 Å². The van der Waals surface area contributed by atoms with E-state index in [0.29, 0.717) is 24.6 Å². The van der Waals surface area contributed by atoms with Crippen LogP contribution in [-0.4, -0.2) is 54.4 Å². The Kier molecular flexibility index (Phi) is 12.3. The normalized spacial score (nSPS) is 13.6. The van der Waals surface area contributed by atoms with Gasteiger partial charge >= 0.3 is 14.8 Å². The van der Waals surface area contributed by atoms with Gasteiger partial charge in [0.05, 0.1) is 6.61 Å². The molecule has 0 radical (unpaired) electrons. The third-order valence-electron chi connectivity index (χ3n) is 4.94. The van der Waals surface area contributed by atoms with Gasteiger partial charge in [-0.05, 0) is 58.7 Å². The van der Waals surface area contributed by atoms with E-state index >= 15 is 0 Å². The van der Waals surface area contributed by atoms with Crippen molar-refractivity contribution in [3.63, 3.8) is 0 Å². The highest BCUT2D eigenvalue weighted by Gasteiger charge is 2.51. The van der Waals surface area contributed by atoms with Crippen molar-refractivity contribution >= 4 is 47.8 Å². The Bertz CT molecular complexity index is 646. The van der Waals surface area contributed by atoms with Gasteiger partial charge in [-0.15, -0.1) is 13.2 Å². The highest BCUT2D eigenvalue weighted by molar-refractivity contribution is 6.93. The molecule has 186 valence electrons. The summed E-state index contributed by atoms with van der Waals surface area (Å²) in [6, 6.07) is 2.91. The molecule has 0 aromatic heterocycles. The molecule has 0 aliphatic heterocycles. The van der Waals surface area contributed by atoms with Crippen molar-refractivity contribution in [3.05, 3.63) is 36.7 Å². The minimum Gasteiger partial charge on any atom is -0.462 e. The summed E-state index contributed by atoms with van der Waals surface area (Å²) in [5, 5.41) is 0. The molecule has 0 rings (SSSR count). The van der Waals surface area contributed by atoms with Crippen LogP contribution in [-0.2, 0) is 21.9 Å². The van der Waals surface area contributed by atoms with Crippen LogP contribution in [0.15, 0.2) is 36.7 Å². The molecule has 0 fully saturated rings. The van der Waals surface area contributed by atoms with Crippen molar-refractivity contribution in [3.8, 4) is 0 Å². The number of hydrogen-bond donors (Lipinski definition) is 0. The van der Waals surface area contributed by atoms with Crippen molar-refractivity contribution in [1.82, 2.24) is 0 Å². The van der Waals surface area contributed by atoms with Crippen LogP contribution in [0.4, 0.5) is 0 Å². The number of rotatable bonds is 16. The molecule has 0 spiro atoms. The average Bonchev–Trinajstić information content (AvgIpc) is 2.62. The average molecular weight is 533 g/mol. The fourth-order valence-electron chi connectivity index (χ4n) is 2.83. The van der Waals surface area contributed by atoms with Crippen LogP contribution in [0.25, 0.3) is 0 Å². The third kappa shape index (κ3) is 13.4. The fraction of sp³-hybridized carbons (Fsp3) is 0.682. The van der Waals surface area contributed by atoms with E-state index in [-0.39, 0.29) is 5.97 Å². The van der Waals surface area contributed by atoms with E-state index < -0.39 is 41.8 Å². The van der Waals surface area contributed by atoms with Gasteiger partial charge in [0, 0.05) is 19.7 Å². The van der Waals surface area contributed by atoms with Gasteiger partial charge in [-0.1, -0.05) is 43.7 Å². The Balaban J connectivity index is 5.94. The summed E-state index contributed by atoms with van der Waals surface area (Å²) in [6.07, 6.45) is 0.618. The van der Waals surface area contributed by atoms with Crippen molar-refractivity contribution < 1.29 is 21.9 Å². The number of carbonyl (C=O) groups is 1. The smallest absolute Gasteiger partial charge is 0.462 e. The van der Waals surface area contributed by atoms with E-state index in [1.54, 1.807) is 6.92 Å². The van der Waals surface area contributed by atoms with Gasteiger partial charge in [0.2, 0.25) is 16.6 Å². The Morgan fingerprint density at radius 1 is 0.781 bits per heavy atom. The molecule has 0 atom stereocenters. The van der Waals surface area contributed by atoms with Crippen LogP contribution in [0.1, 0.15) is 13.3 Å². The van der Waals surface area contributed by atoms with Crippen LogP contribution < -0.4 is 0 Å². The molecule has 10 heteroatoms. The van der Waals surface area contributed by atoms with E-state index in [4.69, 9.17) is 17.1 Å². The topological polar surface area (TPSA) is 54.0 Å². The second-order valence-electron chi connectivity index (χ2n) is 11.4. The lowest BCUT2D eigenvalue weighted by molar-refractivity contribution is -0.139. The van der Waals surface area contributed by atoms with Crippen molar-refractivity contribution in [2.24, 2.45) is 0 Å². The summed E-state index contributed by atoms with van der Waals surface area (Å²) in [5.74, 6) is -0.369. The van der Waals surface area contributed by atoms with Gasteiger partial charge in [0.1, 0.15) is 0 Å². The fourth-order valence-corrected chi connectivity index (χ4v) is 22.5. The van der Waals surface area contributed by atoms with Gasteiger partial charge in [0.25, 0.3) is 0 Å². The highest BCUT2D eigenvalue weighted by atomic mass is 28.5. The molecule has 0 amide bonds. The molecule has 0 bridgehead atoms. The van der Waals surface area contributed by atoms with Gasteiger partial charge in [0.15, 0.2) is 8.32 Å². The standard InChI is InChI=1S/C22H48O5Si5/c1-14-29(8,9)25-32(26-30(10,11)15-2,18-16-17-24-22(23)21(3)4)27-31(12,13)20-19-28(5,6)7/h14-15H,1-3,16-20H2,4-13H3. The summed E-state index contributed by atoms with van der Waals surface area (Å²) >= 11 is 0. The van der Waals surface area contributed by atoms with Crippen LogP contribution >= 0.6 is 0 Å². The molecule has 0 N–H and O–H groups in total. The number of esters is 1. The Morgan fingerprint density at radius 2 is 1.25 bits per heavy atom. The third-order valence-corrected chi connectivity index (χ3v) is 21.7. The molecule has 0 saturated heterocycles. The van der Waals surface area contributed by atoms with Gasteiger partial charge < -0.3 is 17.1 Å². The predicted molar refractivity (Wildman–Crippen MR) is 150 cm³/mol. The van der Waals surface area contributed by atoms with Crippen molar-refractivity contribution in [2.75, 3.05) is 6.61 Å². The largest absolute Gasteiger partial charge is 0.470 e. The summed E-state index contributed by atoms with van der Waals surface area (Å²) in [5.41, 5.74) is 4.26. The molecule has 0 heterocycles. The molecule has 0 aliphatic carbocycles. The number of ether oxygens (including phenoxy) is 1. The lowest BCUT2D eigenvalue weighted by atomic mass is 10.4. The zero-order valence-electron chi connectivity index (χ0n) is 22.4. The Morgan fingerprint density at radius 3 is 1.62 bits per heavy atom. The second kappa shape index (κ2) is 12.4.